The van der Waals surface area contributed by atoms with E-state index in [-0.39, 0.29) is 17.4 Å². The Hall–Kier alpha value is -1.10. The van der Waals surface area contributed by atoms with Crippen LogP contribution < -0.4 is 5.32 Å². The minimum absolute atomic E-state index is 0.164. The molecule has 1 heterocycles. The zero-order valence-corrected chi connectivity index (χ0v) is 14.4. The van der Waals surface area contributed by atoms with E-state index in [0.717, 1.165) is 62.7 Å². The number of nitrogens with one attached hydrogen (secondary N) is 1. The largest absolute Gasteiger partial charge is 0.379 e. The van der Waals surface area contributed by atoms with Gasteiger partial charge in [-0.3, -0.25) is 9.69 Å². The van der Waals surface area contributed by atoms with E-state index in [9.17, 15) is 4.79 Å². The SMILES string of the molecule is CC(CN1CCOCC1)NC(=O)C1(Cc2cccc(Cl)c2)CC1. The molecule has 3 rings (SSSR count). The van der Waals surface area contributed by atoms with E-state index in [0.29, 0.717) is 0 Å². The molecule has 4 nitrogen and oxygen atoms in total. The first kappa shape index (κ1) is 16.7. The van der Waals surface area contributed by atoms with Gasteiger partial charge in [-0.1, -0.05) is 23.7 Å². The molecule has 1 aliphatic carbocycles. The molecule has 0 spiro atoms. The van der Waals surface area contributed by atoms with Crippen molar-refractivity contribution in [2.45, 2.75) is 32.2 Å². The normalized spacial score (nSPS) is 21.7. The van der Waals surface area contributed by atoms with Crippen molar-refractivity contribution >= 4 is 17.5 Å². The Kier molecular flexibility index (Phi) is 5.24. The zero-order valence-electron chi connectivity index (χ0n) is 13.7. The lowest BCUT2D eigenvalue weighted by Crippen LogP contribution is -2.47. The number of morpholine rings is 1. The molecule has 1 amide bonds. The van der Waals surface area contributed by atoms with Crippen molar-refractivity contribution in [1.29, 1.82) is 0 Å². The van der Waals surface area contributed by atoms with Crippen LogP contribution >= 0.6 is 11.6 Å². The van der Waals surface area contributed by atoms with Crippen LogP contribution in [0.2, 0.25) is 5.02 Å². The van der Waals surface area contributed by atoms with Crippen molar-refractivity contribution in [2.24, 2.45) is 5.41 Å². The molecular weight excluding hydrogens is 312 g/mol. The molecule has 5 heteroatoms. The van der Waals surface area contributed by atoms with Crippen molar-refractivity contribution in [2.75, 3.05) is 32.8 Å². The fourth-order valence-electron chi connectivity index (χ4n) is 3.27. The number of rotatable bonds is 6. The molecule has 1 aromatic rings. The van der Waals surface area contributed by atoms with Crippen LogP contribution in [-0.4, -0.2) is 49.7 Å². The van der Waals surface area contributed by atoms with E-state index >= 15 is 0 Å². The molecule has 1 saturated carbocycles. The lowest BCUT2D eigenvalue weighted by molar-refractivity contribution is -0.127. The standard InChI is InChI=1S/C18H25ClN2O2/c1-14(13-21-7-9-23-10-8-21)20-17(22)18(5-6-18)12-15-3-2-4-16(19)11-15/h2-4,11,14H,5-10,12-13H2,1H3,(H,20,22). The molecule has 2 aliphatic rings. The predicted octanol–water partition coefficient (Wildman–Crippen LogP) is 2.50. The molecule has 23 heavy (non-hydrogen) atoms. The average molecular weight is 337 g/mol. The Morgan fingerprint density at radius 1 is 1.39 bits per heavy atom. The average Bonchev–Trinajstić information content (AvgIpc) is 3.29. The number of benzene rings is 1. The van der Waals surface area contributed by atoms with Crippen molar-refractivity contribution in [3.05, 3.63) is 34.9 Å². The first-order valence-corrected chi connectivity index (χ1v) is 8.81. The fourth-order valence-corrected chi connectivity index (χ4v) is 3.48. The van der Waals surface area contributed by atoms with E-state index in [1.165, 1.54) is 0 Å². The van der Waals surface area contributed by atoms with Crippen molar-refractivity contribution in [3.63, 3.8) is 0 Å². The predicted molar refractivity (Wildman–Crippen MR) is 91.7 cm³/mol. The van der Waals surface area contributed by atoms with E-state index in [1.807, 2.05) is 18.2 Å². The number of amides is 1. The van der Waals surface area contributed by atoms with Crippen LogP contribution in [-0.2, 0) is 16.0 Å². The summed E-state index contributed by atoms with van der Waals surface area (Å²) in [6, 6.07) is 8.00. The molecule has 1 aromatic carbocycles. The highest BCUT2D eigenvalue weighted by Crippen LogP contribution is 2.48. The molecule has 1 unspecified atom stereocenters. The molecule has 0 bridgehead atoms. The summed E-state index contributed by atoms with van der Waals surface area (Å²) in [5.41, 5.74) is 0.926. The summed E-state index contributed by atoms with van der Waals surface area (Å²) in [6.45, 7) is 6.46. The number of hydrogen-bond acceptors (Lipinski definition) is 3. The third-order valence-corrected chi connectivity index (χ3v) is 5.02. The summed E-state index contributed by atoms with van der Waals surface area (Å²) >= 11 is 6.05. The number of carbonyl (C=O) groups excluding carboxylic acids is 1. The van der Waals surface area contributed by atoms with Crippen LogP contribution in [0.5, 0.6) is 0 Å². The molecule has 1 saturated heterocycles. The molecule has 1 N–H and O–H groups in total. The smallest absolute Gasteiger partial charge is 0.226 e. The third-order valence-electron chi connectivity index (χ3n) is 4.78. The lowest BCUT2D eigenvalue weighted by Gasteiger charge is -2.30. The molecule has 0 aromatic heterocycles. The summed E-state index contributed by atoms with van der Waals surface area (Å²) in [5.74, 6) is 0.193. The van der Waals surface area contributed by atoms with Gasteiger partial charge in [0, 0.05) is 30.7 Å². The van der Waals surface area contributed by atoms with Crippen LogP contribution in [0.4, 0.5) is 0 Å². The molecular formula is C18H25ClN2O2. The van der Waals surface area contributed by atoms with Gasteiger partial charge in [-0.25, -0.2) is 0 Å². The maximum atomic E-state index is 12.7. The molecule has 2 fully saturated rings. The monoisotopic (exact) mass is 336 g/mol. The second-order valence-corrected chi connectivity index (χ2v) is 7.31. The Labute approximate surface area is 143 Å². The van der Waals surface area contributed by atoms with Gasteiger partial charge in [0.05, 0.1) is 18.6 Å². The summed E-state index contributed by atoms with van der Waals surface area (Å²) < 4.78 is 5.36. The van der Waals surface area contributed by atoms with Crippen LogP contribution in [0, 0.1) is 5.41 Å². The zero-order chi connectivity index (χ0) is 16.3. The highest BCUT2D eigenvalue weighted by Gasteiger charge is 2.49. The Morgan fingerprint density at radius 3 is 2.78 bits per heavy atom. The quantitative estimate of drug-likeness (QED) is 0.868. The van der Waals surface area contributed by atoms with Gasteiger partial charge in [0.2, 0.25) is 5.91 Å². The van der Waals surface area contributed by atoms with Crippen LogP contribution in [0.3, 0.4) is 0 Å². The van der Waals surface area contributed by atoms with Gasteiger partial charge in [0.25, 0.3) is 0 Å². The first-order valence-electron chi connectivity index (χ1n) is 8.43. The van der Waals surface area contributed by atoms with Crippen LogP contribution in [0.25, 0.3) is 0 Å². The van der Waals surface area contributed by atoms with Crippen molar-refractivity contribution in [1.82, 2.24) is 10.2 Å². The van der Waals surface area contributed by atoms with Gasteiger partial charge in [-0.05, 0) is 43.9 Å². The Balaban J connectivity index is 1.52. The number of hydrogen-bond donors (Lipinski definition) is 1. The van der Waals surface area contributed by atoms with Gasteiger partial charge in [-0.15, -0.1) is 0 Å². The first-order chi connectivity index (χ1) is 11.1. The lowest BCUT2D eigenvalue weighted by atomic mass is 9.95. The Bertz CT molecular complexity index is 554. The second-order valence-electron chi connectivity index (χ2n) is 6.87. The number of nitrogens with zero attached hydrogens (tertiary/aromatic N) is 1. The van der Waals surface area contributed by atoms with E-state index in [2.05, 4.69) is 23.2 Å². The highest BCUT2D eigenvalue weighted by molar-refractivity contribution is 6.30. The summed E-state index contributed by atoms with van der Waals surface area (Å²) in [6.07, 6.45) is 2.72. The van der Waals surface area contributed by atoms with E-state index < -0.39 is 0 Å². The second kappa shape index (κ2) is 7.20. The maximum absolute atomic E-state index is 12.7. The Morgan fingerprint density at radius 2 is 2.13 bits per heavy atom. The number of ether oxygens (including phenoxy) is 1. The third kappa shape index (κ3) is 4.46. The molecule has 1 atom stereocenters. The molecule has 0 radical (unpaired) electrons. The molecule has 1 aliphatic heterocycles. The van der Waals surface area contributed by atoms with E-state index in [1.54, 1.807) is 0 Å². The van der Waals surface area contributed by atoms with E-state index in [4.69, 9.17) is 16.3 Å². The van der Waals surface area contributed by atoms with Gasteiger partial charge in [0.1, 0.15) is 0 Å². The van der Waals surface area contributed by atoms with Crippen LogP contribution in [0.1, 0.15) is 25.3 Å². The van der Waals surface area contributed by atoms with Gasteiger partial charge < -0.3 is 10.1 Å². The summed E-state index contributed by atoms with van der Waals surface area (Å²) in [5, 5.41) is 3.95. The summed E-state index contributed by atoms with van der Waals surface area (Å²) in [7, 11) is 0. The fraction of sp³-hybridized carbons (Fsp3) is 0.611. The van der Waals surface area contributed by atoms with Gasteiger partial charge in [0.15, 0.2) is 0 Å². The minimum Gasteiger partial charge on any atom is -0.379 e. The van der Waals surface area contributed by atoms with Crippen LogP contribution in [0.15, 0.2) is 24.3 Å². The molecule has 126 valence electrons. The van der Waals surface area contributed by atoms with Crippen molar-refractivity contribution in [3.8, 4) is 0 Å². The minimum atomic E-state index is -0.218. The van der Waals surface area contributed by atoms with Gasteiger partial charge in [-0.2, -0.15) is 0 Å². The topological polar surface area (TPSA) is 41.6 Å². The summed E-state index contributed by atoms with van der Waals surface area (Å²) in [4.78, 5) is 15.0. The van der Waals surface area contributed by atoms with Crippen molar-refractivity contribution < 1.29 is 9.53 Å². The number of halogens is 1. The maximum Gasteiger partial charge on any atom is 0.226 e. The highest BCUT2D eigenvalue weighted by atomic mass is 35.5. The number of carbonyl (C=O) groups is 1. The van der Waals surface area contributed by atoms with Gasteiger partial charge >= 0.3 is 0 Å².